The average Bonchev–Trinajstić information content (AvgIpc) is 2.75. The number of hydrogen-bond acceptors (Lipinski definition) is 4. The van der Waals surface area contributed by atoms with Gasteiger partial charge in [0, 0.05) is 7.05 Å². The second-order valence-electron chi connectivity index (χ2n) is 2.94. The lowest BCUT2D eigenvalue weighted by Gasteiger charge is -1.91. The molecule has 0 aromatic carbocycles. The Kier molecular flexibility index (Phi) is 2.14. The fourth-order valence-corrected chi connectivity index (χ4v) is 1.16. The van der Waals surface area contributed by atoms with Crippen molar-refractivity contribution in [1.29, 1.82) is 0 Å². The fraction of sp³-hybridized carbons (Fsp3) is 0.222. The largest absolute Gasteiger partial charge is 0.472 e. The molecule has 5 heteroatoms. The van der Waals surface area contributed by atoms with Gasteiger partial charge in [-0.05, 0) is 6.07 Å². The molecule has 0 saturated heterocycles. The first-order valence-corrected chi connectivity index (χ1v) is 4.16. The highest BCUT2D eigenvalue weighted by Crippen LogP contribution is 2.05. The third kappa shape index (κ3) is 1.71. The van der Waals surface area contributed by atoms with E-state index in [9.17, 15) is 4.79 Å². The highest BCUT2D eigenvalue weighted by atomic mass is 16.3. The van der Waals surface area contributed by atoms with Crippen molar-refractivity contribution in [3.8, 4) is 0 Å². The minimum atomic E-state index is -0.0146. The van der Waals surface area contributed by atoms with Gasteiger partial charge < -0.3 is 4.42 Å². The quantitative estimate of drug-likeness (QED) is 0.674. The molecule has 2 rings (SSSR count). The molecule has 14 heavy (non-hydrogen) atoms. The number of hydrogen-bond donors (Lipinski definition) is 0. The summed E-state index contributed by atoms with van der Waals surface area (Å²) in [5.74, 6) is -0.0146. The molecule has 0 bridgehead atoms. The van der Waals surface area contributed by atoms with Crippen LogP contribution in [0, 0.1) is 0 Å². The van der Waals surface area contributed by atoms with Crippen LogP contribution in [0.1, 0.15) is 16.1 Å². The zero-order chi connectivity index (χ0) is 9.97. The Bertz CT molecular complexity index is 431. The third-order valence-electron chi connectivity index (χ3n) is 1.83. The Balaban J connectivity index is 2.09. The predicted octanol–water partition coefficient (Wildman–Crippen LogP) is 0.834. The fourth-order valence-electron chi connectivity index (χ4n) is 1.16. The Morgan fingerprint density at radius 3 is 3.07 bits per heavy atom. The zero-order valence-electron chi connectivity index (χ0n) is 7.67. The number of rotatable bonds is 3. The maximum Gasteiger partial charge on any atom is 0.172 e. The van der Waals surface area contributed by atoms with Crippen molar-refractivity contribution < 1.29 is 9.21 Å². The standard InChI is InChI=1S/C9H9N3O2/c1-12-10-5-8(11-12)4-9(13)7-2-3-14-6-7/h2-3,5-6H,4H2,1H3. The number of aryl methyl sites for hydroxylation is 1. The molecule has 2 aromatic rings. The monoisotopic (exact) mass is 191 g/mol. The van der Waals surface area contributed by atoms with E-state index >= 15 is 0 Å². The molecule has 0 aliphatic carbocycles. The maximum absolute atomic E-state index is 11.5. The van der Waals surface area contributed by atoms with E-state index in [1.54, 1.807) is 19.3 Å². The van der Waals surface area contributed by atoms with E-state index in [0.29, 0.717) is 11.3 Å². The Morgan fingerprint density at radius 1 is 1.64 bits per heavy atom. The maximum atomic E-state index is 11.5. The summed E-state index contributed by atoms with van der Waals surface area (Å²) in [6.45, 7) is 0. The first kappa shape index (κ1) is 8.68. The van der Waals surface area contributed by atoms with Gasteiger partial charge in [0.1, 0.15) is 6.26 Å². The van der Waals surface area contributed by atoms with Crippen molar-refractivity contribution in [3.63, 3.8) is 0 Å². The van der Waals surface area contributed by atoms with Crippen LogP contribution in [0.2, 0.25) is 0 Å². The van der Waals surface area contributed by atoms with E-state index < -0.39 is 0 Å². The molecule has 0 aliphatic heterocycles. The Hall–Kier alpha value is -1.91. The summed E-state index contributed by atoms with van der Waals surface area (Å²) in [7, 11) is 1.71. The van der Waals surface area contributed by atoms with E-state index in [4.69, 9.17) is 4.42 Å². The van der Waals surface area contributed by atoms with Crippen LogP contribution in [0.15, 0.2) is 29.2 Å². The van der Waals surface area contributed by atoms with Crippen LogP contribution >= 0.6 is 0 Å². The van der Waals surface area contributed by atoms with Gasteiger partial charge in [-0.25, -0.2) is 0 Å². The predicted molar refractivity (Wildman–Crippen MR) is 47.7 cm³/mol. The lowest BCUT2D eigenvalue weighted by molar-refractivity contribution is 0.0991. The molecule has 0 fully saturated rings. The van der Waals surface area contributed by atoms with Crippen molar-refractivity contribution in [3.05, 3.63) is 36.0 Å². The van der Waals surface area contributed by atoms with Gasteiger partial charge >= 0.3 is 0 Å². The number of ketones is 1. The summed E-state index contributed by atoms with van der Waals surface area (Å²) >= 11 is 0. The number of carbonyl (C=O) groups excluding carboxylic acids is 1. The SMILES string of the molecule is Cn1ncc(CC(=O)c2ccoc2)n1. The van der Waals surface area contributed by atoms with Gasteiger partial charge in [0.2, 0.25) is 0 Å². The minimum Gasteiger partial charge on any atom is -0.472 e. The molecule has 2 heterocycles. The normalized spacial score (nSPS) is 10.4. The molecule has 2 aromatic heterocycles. The summed E-state index contributed by atoms with van der Waals surface area (Å²) < 4.78 is 4.82. The molecule has 0 spiro atoms. The topological polar surface area (TPSA) is 60.9 Å². The number of Topliss-reactive ketones (excluding diaryl/α,β-unsaturated/α-hetero) is 1. The van der Waals surface area contributed by atoms with Gasteiger partial charge in [0.15, 0.2) is 5.78 Å². The average molecular weight is 191 g/mol. The van der Waals surface area contributed by atoms with Crippen LogP contribution in [-0.2, 0) is 13.5 Å². The zero-order valence-corrected chi connectivity index (χ0v) is 7.67. The molecule has 0 N–H and O–H groups in total. The third-order valence-corrected chi connectivity index (χ3v) is 1.83. The van der Waals surface area contributed by atoms with Crippen LogP contribution in [0.3, 0.4) is 0 Å². The van der Waals surface area contributed by atoms with Gasteiger partial charge in [-0.15, -0.1) is 0 Å². The molecule has 0 aliphatic rings. The summed E-state index contributed by atoms with van der Waals surface area (Å²) in [4.78, 5) is 13.0. The molecular weight excluding hydrogens is 182 g/mol. The van der Waals surface area contributed by atoms with E-state index in [1.165, 1.54) is 17.3 Å². The van der Waals surface area contributed by atoms with Gasteiger partial charge in [0.25, 0.3) is 0 Å². The van der Waals surface area contributed by atoms with E-state index in [2.05, 4.69) is 10.2 Å². The summed E-state index contributed by atoms with van der Waals surface area (Å²) in [5, 5.41) is 7.90. The van der Waals surface area contributed by atoms with Crippen molar-refractivity contribution in [2.24, 2.45) is 7.05 Å². The van der Waals surface area contributed by atoms with Gasteiger partial charge in [0.05, 0.1) is 30.1 Å². The van der Waals surface area contributed by atoms with Crippen molar-refractivity contribution in [1.82, 2.24) is 15.0 Å². The highest BCUT2D eigenvalue weighted by Gasteiger charge is 2.10. The Morgan fingerprint density at radius 2 is 2.50 bits per heavy atom. The number of furan rings is 1. The molecule has 0 amide bonds. The number of carbonyl (C=O) groups is 1. The summed E-state index contributed by atoms with van der Waals surface area (Å²) in [6.07, 6.45) is 4.74. The second-order valence-corrected chi connectivity index (χ2v) is 2.94. The minimum absolute atomic E-state index is 0.0146. The summed E-state index contributed by atoms with van der Waals surface area (Å²) in [6, 6.07) is 1.64. The smallest absolute Gasteiger partial charge is 0.172 e. The van der Waals surface area contributed by atoms with Crippen molar-refractivity contribution >= 4 is 5.78 Å². The van der Waals surface area contributed by atoms with Crippen LogP contribution < -0.4 is 0 Å². The molecular formula is C9H9N3O2. The summed E-state index contributed by atoms with van der Waals surface area (Å²) in [5.41, 5.74) is 1.23. The first-order chi connectivity index (χ1) is 6.75. The molecule has 5 nitrogen and oxygen atoms in total. The number of nitrogens with zero attached hydrogens (tertiary/aromatic N) is 3. The van der Waals surface area contributed by atoms with Crippen molar-refractivity contribution in [2.75, 3.05) is 0 Å². The molecule has 0 saturated carbocycles. The van der Waals surface area contributed by atoms with E-state index in [1.807, 2.05) is 0 Å². The molecule has 72 valence electrons. The first-order valence-electron chi connectivity index (χ1n) is 4.16. The molecule has 0 atom stereocenters. The van der Waals surface area contributed by atoms with Crippen LogP contribution in [0.5, 0.6) is 0 Å². The molecule has 0 unspecified atom stereocenters. The van der Waals surface area contributed by atoms with Gasteiger partial charge in [-0.3, -0.25) is 4.79 Å². The molecule has 0 radical (unpaired) electrons. The highest BCUT2D eigenvalue weighted by molar-refractivity contribution is 5.96. The lowest BCUT2D eigenvalue weighted by atomic mass is 10.1. The van der Waals surface area contributed by atoms with Gasteiger partial charge in [-0.1, -0.05) is 0 Å². The van der Waals surface area contributed by atoms with Crippen molar-refractivity contribution in [2.45, 2.75) is 6.42 Å². The van der Waals surface area contributed by atoms with Crippen LogP contribution in [-0.4, -0.2) is 20.8 Å². The van der Waals surface area contributed by atoms with Crippen LogP contribution in [0.25, 0.3) is 0 Å². The van der Waals surface area contributed by atoms with Crippen LogP contribution in [0.4, 0.5) is 0 Å². The Labute approximate surface area is 80.3 Å². The number of aromatic nitrogens is 3. The van der Waals surface area contributed by atoms with Gasteiger partial charge in [-0.2, -0.15) is 15.0 Å². The van der Waals surface area contributed by atoms with E-state index in [0.717, 1.165) is 0 Å². The van der Waals surface area contributed by atoms with E-state index in [-0.39, 0.29) is 12.2 Å². The lowest BCUT2D eigenvalue weighted by Crippen LogP contribution is -2.03. The second kappa shape index (κ2) is 3.45.